The van der Waals surface area contributed by atoms with Crippen molar-refractivity contribution in [1.29, 1.82) is 0 Å². The minimum Gasteiger partial charge on any atom is -0.481 e. The van der Waals surface area contributed by atoms with E-state index >= 15 is 0 Å². The van der Waals surface area contributed by atoms with Gasteiger partial charge in [-0.15, -0.1) is 0 Å². The van der Waals surface area contributed by atoms with E-state index in [0.717, 1.165) is 5.56 Å². The van der Waals surface area contributed by atoms with Gasteiger partial charge in [0.2, 0.25) is 5.91 Å². The van der Waals surface area contributed by atoms with E-state index in [-0.39, 0.29) is 12.3 Å². The first-order valence-electron chi connectivity index (χ1n) is 6.42. The molecule has 0 aliphatic heterocycles. The molecule has 0 fully saturated rings. The number of hydrogen-bond donors (Lipinski definition) is 2. The van der Waals surface area contributed by atoms with Gasteiger partial charge in [-0.1, -0.05) is 35.4 Å². The van der Waals surface area contributed by atoms with E-state index in [0.29, 0.717) is 17.1 Å². The first-order chi connectivity index (χ1) is 9.47. The molecule has 2 N–H and O–H groups in total. The molecule has 0 bridgehead atoms. The van der Waals surface area contributed by atoms with Crippen LogP contribution >= 0.6 is 11.6 Å². The van der Waals surface area contributed by atoms with Crippen LogP contribution < -0.4 is 5.32 Å². The summed E-state index contributed by atoms with van der Waals surface area (Å²) in [5.41, 5.74) is 1.76. The van der Waals surface area contributed by atoms with E-state index in [1.807, 2.05) is 19.1 Å². The van der Waals surface area contributed by atoms with Crippen molar-refractivity contribution in [3.63, 3.8) is 0 Å². The van der Waals surface area contributed by atoms with Crippen molar-refractivity contribution < 1.29 is 14.7 Å². The molecule has 106 valence electrons. The maximum atomic E-state index is 12.3. The number of carboxylic acids is 1. The predicted octanol–water partition coefficient (Wildman–Crippen LogP) is 3.17. The minimum absolute atomic E-state index is 0.274. The number of carboxylic acid groups (broad SMARTS) is 1. The van der Waals surface area contributed by atoms with Gasteiger partial charge in [-0.3, -0.25) is 9.59 Å². The van der Waals surface area contributed by atoms with Crippen molar-refractivity contribution in [3.05, 3.63) is 40.9 Å². The third-order valence-corrected chi connectivity index (χ3v) is 3.78. The molecule has 1 aliphatic carbocycles. The maximum absolute atomic E-state index is 12.3. The summed E-state index contributed by atoms with van der Waals surface area (Å²) in [5, 5.41) is 12.5. The van der Waals surface area contributed by atoms with Crippen LogP contribution in [-0.4, -0.2) is 17.0 Å². The summed E-state index contributed by atoms with van der Waals surface area (Å²) >= 11 is 5.94. The van der Waals surface area contributed by atoms with Gasteiger partial charge in [0.1, 0.15) is 0 Å². The highest BCUT2D eigenvalue weighted by molar-refractivity contribution is 6.29. The third kappa shape index (κ3) is 3.39. The predicted molar refractivity (Wildman–Crippen MR) is 77.6 cm³/mol. The summed E-state index contributed by atoms with van der Waals surface area (Å²) < 4.78 is 0. The Morgan fingerprint density at radius 3 is 2.50 bits per heavy atom. The van der Waals surface area contributed by atoms with Gasteiger partial charge in [0.05, 0.1) is 11.8 Å². The summed E-state index contributed by atoms with van der Waals surface area (Å²) in [7, 11) is 0. The summed E-state index contributed by atoms with van der Waals surface area (Å²) in [4.78, 5) is 23.5. The molecule has 1 aromatic carbocycles. The van der Waals surface area contributed by atoms with Crippen LogP contribution in [0.3, 0.4) is 0 Å². The molecule has 5 heteroatoms. The molecule has 0 aromatic heterocycles. The Morgan fingerprint density at radius 2 is 1.90 bits per heavy atom. The normalized spacial score (nSPS) is 22.0. The Kier molecular flexibility index (Phi) is 4.45. The van der Waals surface area contributed by atoms with Gasteiger partial charge >= 0.3 is 5.97 Å². The van der Waals surface area contributed by atoms with E-state index in [2.05, 4.69) is 5.32 Å². The fourth-order valence-electron chi connectivity index (χ4n) is 2.27. The molecule has 4 nitrogen and oxygen atoms in total. The van der Waals surface area contributed by atoms with E-state index in [4.69, 9.17) is 11.6 Å². The molecule has 0 heterocycles. The number of hydrogen-bond acceptors (Lipinski definition) is 2. The van der Waals surface area contributed by atoms with Gasteiger partial charge in [-0.05, 0) is 31.9 Å². The molecule has 0 unspecified atom stereocenters. The first kappa shape index (κ1) is 14.6. The van der Waals surface area contributed by atoms with Crippen LogP contribution in [0.25, 0.3) is 0 Å². The van der Waals surface area contributed by atoms with Gasteiger partial charge in [0, 0.05) is 10.7 Å². The summed E-state index contributed by atoms with van der Waals surface area (Å²) in [6, 6.07) is 7.36. The van der Waals surface area contributed by atoms with Crippen molar-refractivity contribution in [2.24, 2.45) is 11.8 Å². The second-order valence-electron chi connectivity index (χ2n) is 5.00. The number of carbonyl (C=O) groups excluding carboxylic acids is 1. The highest BCUT2D eigenvalue weighted by Crippen LogP contribution is 2.32. The molecule has 2 atom stereocenters. The van der Waals surface area contributed by atoms with Crippen molar-refractivity contribution in [2.45, 2.75) is 19.8 Å². The smallest absolute Gasteiger partial charge is 0.307 e. The fraction of sp³-hybridized carbons (Fsp3) is 0.333. The van der Waals surface area contributed by atoms with Gasteiger partial charge in [0.25, 0.3) is 0 Å². The van der Waals surface area contributed by atoms with Gasteiger partial charge in [0.15, 0.2) is 0 Å². The van der Waals surface area contributed by atoms with E-state index in [9.17, 15) is 14.7 Å². The Hall–Kier alpha value is -1.81. The lowest BCUT2D eigenvalue weighted by molar-refractivity contribution is -0.146. The third-order valence-electron chi connectivity index (χ3n) is 3.47. The molecule has 0 radical (unpaired) electrons. The lowest BCUT2D eigenvalue weighted by Gasteiger charge is -2.25. The van der Waals surface area contributed by atoms with Gasteiger partial charge in [-0.2, -0.15) is 0 Å². The summed E-state index contributed by atoms with van der Waals surface area (Å²) in [6.45, 7) is 1.96. The quantitative estimate of drug-likeness (QED) is 0.899. The SMILES string of the molecule is Cc1ccc(NC(=O)[C@H]2CC(Cl)=CC[C@@H]2C(=O)O)cc1. The zero-order valence-corrected chi connectivity index (χ0v) is 11.9. The van der Waals surface area contributed by atoms with Gasteiger partial charge in [-0.25, -0.2) is 0 Å². The number of anilines is 1. The van der Waals surface area contributed by atoms with E-state index in [1.54, 1.807) is 18.2 Å². The number of aryl methyl sites for hydroxylation is 1. The highest BCUT2D eigenvalue weighted by atomic mass is 35.5. The number of benzene rings is 1. The Labute approximate surface area is 122 Å². The monoisotopic (exact) mass is 293 g/mol. The number of amides is 1. The number of aliphatic carboxylic acids is 1. The second kappa shape index (κ2) is 6.09. The number of nitrogens with one attached hydrogen (secondary N) is 1. The van der Waals surface area contributed by atoms with Crippen molar-refractivity contribution in [2.75, 3.05) is 5.32 Å². The molecular weight excluding hydrogens is 278 g/mol. The summed E-state index contributed by atoms with van der Waals surface area (Å²) in [6.07, 6.45) is 2.24. The number of halogens is 1. The van der Waals surface area contributed by atoms with Crippen molar-refractivity contribution in [3.8, 4) is 0 Å². The molecule has 0 spiro atoms. The van der Waals surface area contributed by atoms with Crippen molar-refractivity contribution in [1.82, 2.24) is 0 Å². The lowest BCUT2D eigenvalue weighted by atomic mass is 9.82. The lowest BCUT2D eigenvalue weighted by Crippen LogP contribution is -2.35. The zero-order chi connectivity index (χ0) is 14.7. The zero-order valence-electron chi connectivity index (χ0n) is 11.1. The molecule has 0 saturated carbocycles. The van der Waals surface area contributed by atoms with E-state index < -0.39 is 17.8 Å². The van der Waals surface area contributed by atoms with Gasteiger partial charge < -0.3 is 10.4 Å². The van der Waals surface area contributed by atoms with Crippen LogP contribution in [0.2, 0.25) is 0 Å². The number of allylic oxidation sites excluding steroid dienone is 2. The topological polar surface area (TPSA) is 66.4 Å². The fourth-order valence-corrected chi connectivity index (χ4v) is 2.53. The Bertz CT molecular complexity index is 551. The van der Waals surface area contributed by atoms with Crippen LogP contribution in [-0.2, 0) is 9.59 Å². The molecule has 1 amide bonds. The first-order valence-corrected chi connectivity index (χ1v) is 6.80. The largest absolute Gasteiger partial charge is 0.481 e. The molecular formula is C15H16ClNO3. The minimum atomic E-state index is -0.963. The number of rotatable bonds is 3. The second-order valence-corrected chi connectivity index (χ2v) is 5.48. The Morgan fingerprint density at radius 1 is 1.25 bits per heavy atom. The van der Waals surface area contributed by atoms with Crippen molar-refractivity contribution >= 4 is 29.2 Å². The van der Waals surface area contributed by atoms with Crippen LogP contribution in [0.1, 0.15) is 18.4 Å². The molecule has 1 aromatic rings. The molecule has 2 rings (SSSR count). The molecule has 0 saturated heterocycles. The average Bonchev–Trinajstić information content (AvgIpc) is 2.41. The molecule has 1 aliphatic rings. The van der Waals surface area contributed by atoms with Crippen LogP contribution in [0, 0.1) is 18.8 Å². The maximum Gasteiger partial charge on any atom is 0.307 e. The van der Waals surface area contributed by atoms with Crippen LogP contribution in [0.5, 0.6) is 0 Å². The average molecular weight is 294 g/mol. The highest BCUT2D eigenvalue weighted by Gasteiger charge is 2.36. The van der Waals surface area contributed by atoms with Crippen LogP contribution in [0.15, 0.2) is 35.4 Å². The van der Waals surface area contributed by atoms with Crippen LogP contribution in [0.4, 0.5) is 5.69 Å². The number of carbonyl (C=O) groups is 2. The Balaban J connectivity index is 2.12. The standard InChI is InChI=1S/C15H16ClNO3/c1-9-2-5-11(6-3-9)17-14(18)13-8-10(16)4-7-12(13)15(19)20/h2-6,12-13H,7-8H2,1H3,(H,17,18)(H,19,20)/t12-,13-/m0/s1. The molecule has 20 heavy (non-hydrogen) atoms. The summed E-state index contributed by atoms with van der Waals surface area (Å²) in [5.74, 6) is -2.61. The van der Waals surface area contributed by atoms with E-state index in [1.165, 1.54) is 0 Å².